The highest BCUT2D eigenvalue weighted by atomic mass is 19.1. The molecule has 0 radical (unpaired) electrons. The molecule has 0 bridgehead atoms. The highest BCUT2D eigenvalue weighted by Crippen LogP contribution is 2.14. The fourth-order valence-electron chi connectivity index (χ4n) is 2.12. The van der Waals surface area contributed by atoms with Crippen LogP contribution in [0, 0.1) is 5.82 Å². The van der Waals surface area contributed by atoms with E-state index in [4.69, 9.17) is 0 Å². The molecular weight excluding hydrogens is 265 g/mol. The molecule has 0 spiro atoms. The van der Waals surface area contributed by atoms with Gasteiger partial charge in [-0.3, -0.25) is 4.79 Å². The summed E-state index contributed by atoms with van der Waals surface area (Å²) in [6.45, 7) is 4.86. The van der Waals surface area contributed by atoms with Crippen molar-refractivity contribution in [1.82, 2.24) is 5.32 Å². The first kappa shape index (κ1) is 15.2. The quantitative estimate of drug-likeness (QED) is 0.886. The lowest BCUT2D eigenvalue weighted by atomic mass is 10.0. The SMILES string of the molecule is CC(C)c1ccc(CCNC(=O)c2cccc(F)c2)cc1. The zero-order valence-corrected chi connectivity index (χ0v) is 12.4. The second-order valence-electron chi connectivity index (χ2n) is 5.41. The Bertz CT molecular complexity index is 605. The van der Waals surface area contributed by atoms with E-state index >= 15 is 0 Å². The van der Waals surface area contributed by atoms with Gasteiger partial charge in [0.05, 0.1) is 0 Å². The van der Waals surface area contributed by atoms with Crippen molar-refractivity contribution in [3.63, 3.8) is 0 Å². The van der Waals surface area contributed by atoms with Crippen LogP contribution in [0.2, 0.25) is 0 Å². The predicted molar refractivity (Wildman–Crippen MR) is 83.0 cm³/mol. The minimum absolute atomic E-state index is 0.242. The number of amides is 1. The van der Waals surface area contributed by atoms with E-state index in [2.05, 4.69) is 43.4 Å². The van der Waals surface area contributed by atoms with Crippen molar-refractivity contribution in [3.8, 4) is 0 Å². The standard InChI is InChI=1S/C18H20FNO/c1-13(2)15-8-6-14(7-9-15)10-11-20-18(21)16-4-3-5-17(19)12-16/h3-9,12-13H,10-11H2,1-2H3,(H,20,21). The summed E-state index contributed by atoms with van der Waals surface area (Å²) in [6, 6.07) is 14.1. The summed E-state index contributed by atoms with van der Waals surface area (Å²) in [4.78, 5) is 11.9. The van der Waals surface area contributed by atoms with Crippen molar-refractivity contribution in [3.05, 3.63) is 71.0 Å². The number of carbonyl (C=O) groups is 1. The van der Waals surface area contributed by atoms with Gasteiger partial charge in [0.2, 0.25) is 0 Å². The van der Waals surface area contributed by atoms with Gasteiger partial charge in [0.15, 0.2) is 0 Å². The molecule has 3 heteroatoms. The van der Waals surface area contributed by atoms with E-state index in [1.54, 1.807) is 6.07 Å². The molecule has 0 unspecified atom stereocenters. The van der Waals surface area contributed by atoms with Crippen LogP contribution in [0.25, 0.3) is 0 Å². The number of carbonyl (C=O) groups excluding carboxylic acids is 1. The van der Waals surface area contributed by atoms with E-state index < -0.39 is 5.82 Å². The molecule has 2 rings (SSSR count). The first-order valence-electron chi connectivity index (χ1n) is 7.19. The first-order valence-corrected chi connectivity index (χ1v) is 7.19. The molecule has 1 N–H and O–H groups in total. The smallest absolute Gasteiger partial charge is 0.251 e. The lowest BCUT2D eigenvalue weighted by Gasteiger charge is -2.08. The Morgan fingerprint density at radius 3 is 2.48 bits per heavy atom. The van der Waals surface area contributed by atoms with Crippen LogP contribution in [-0.2, 0) is 6.42 Å². The van der Waals surface area contributed by atoms with Crippen molar-refractivity contribution in [2.75, 3.05) is 6.54 Å². The maximum absolute atomic E-state index is 13.0. The summed E-state index contributed by atoms with van der Waals surface area (Å²) in [7, 11) is 0. The van der Waals surface area contributed by atoms with Crippen LogP contribution in [0.4, 0.5) is 4.39 Å². The summed E-state index contributed by atoms with van der Waals surface area (Å²) < 4.78 is 13.0. The highest BCUT2D eigenvalue weighted by molar-refractivity contribution is 5.94. The van der Waals surface area contributed by atoms with E-state index in [9.17, 15) is 9.18 Å². The zero-order valence-electron chi connectivity index (χ0n) is 12.4. The van der Waals surface area contributed by atoms with Crippen LogP contribution < -0.4 is 5.32 Å². The predicted octanol–water partition coefficient (Wildman–Crippen LogP) is 3.92. The molecule has 0 aliphatic carbocycles. The van der Waals surface area contributed by atoms with Crippen LogP contribution in [-0.4, -0.2) is 12.5 Å². The zero-order chi connectivity index (χ0) is 15.2. The molecule has 0 fully saturated rings. The molecule has 0 heterocycles. The third-order valence-corrected chi connectivity index (χ3v) is 3.43. The molecule has 0 saturated carbocycles. The molecule has 0 saturated heterocycles. The van der Waals surface area contributed by atoms with Gasteiger partial charge in [0, 0.05) is 12.1 Å². The van der Waals surface area contributed by atoms with E-state index in [1.165, 1.54) is 29.3 Å². The Morgan fingerprint density at radius 2 is 1.86 bits per heavy atom. The molecule has 110 valence electrons. The van der Waals surface area contributed by atoms with E-state index in [-0.39, 0.29) is 5.91 Å². The van der Waals surface area contributed by atoms with E-state index in [0.717, 1.165) is 6.42 Å². The van der Waals surface area contributed by atoms with Gasteiger partial charge >= 0.3 is 0 Å². The normalized spacial score (nSPS) is 10.7. The van der Waals surface area contributed by atoms with Gasteiger partial charge in [-0.05, 0) is 41.7 Å². The molecule has 1 amide bonds. The van der Waals surface area contributed by atoms with Crippen molar-refractivity contribution < 1.29 is 9.18 Å². The van der Waals surface area contributed by atoms with Gasteiger partial charge in [-0.25, -0.2) is 4.39 Å². The molecule has 0 aliphatic heterocycles. The summed E-state index contributed by atoms with van der Waals surface area (Å²) in [6.07, 6.45) is 0.763. The third kappa shape index (κ3) is 4.42. The average molecular weight is 285 g/mol. The van der Waals surface area contributed by atoms with Gasteiger partial charge in [-0.1, -0.05) is 44.2 Å². The molecule has 0 atom stereocenters. The second-order valence-corrected chi connectivity index (χ2v) is 5.41. The van der Waals surface area contributed by atoms with Gasteiger partial charge < -0.3 is 5.32 Å². The van der Waals surface area contributed by atoms with Crippen LogP contribution >= 0.6 is 0 Å². The fourth-order valence-corrected chi connectivity index (χ4v) is 2.12. The Kier molecular flexibility index (Phi) is 5.09. The molecule has 0 aromatic heterocycles. The third-order valence-electron chi connectivity index (χ3n) is 3.43. The number of hydrogen-bond donors (Lipinski definition) is 1. The van der Waals surface area contributed by atoms with E-state index in [0.29, 0.717) is 18.0 Å². The van der Waals surface area contributed by atoms with Crippen LogP contribution in [0.1, 0.15) is 41.3 Å². The molecule has 0 aliphatic rings. The van der Waals surface area contributed by atoms with Crippen molar-refractivity contribution in [1.29, 1.82) is 0 Å². The monoisotopic (exact) mass is 285 g/mol. The average Bonchev–Trinajstić information content (AvgIpc) is 2.47. The van der Waals surface area contributed by atoms with Crippen molar-refractivity contribution in [2.45, 2.75) is 26.2 Å². The van der Waals surface area contributed by atoms with Gasteiger partial charge in [0.25, 0.3) is 5.91 Å². The minimum atomic E-state index is -0.396. The Morgan fingerprint density at radius 1 is 1.14 bits per heavy atom. The number of hydrogen-bond acceptors (Lipinski definition) is 1. The van der Waals surface area contributed by atoms with Crippen LogP contribution in [0.15, 0.2) is 48.5 Å². The topological polar surface area (TPSA) is 29.1 Å². The fraction of sp³-hybridized carbons (Fsp3) is 0.278. The Hall–Kier alpha value is -2.16. The maximum atomic E-state index is 13.0. The number of rotatable bonds is 5. The molecule has 2 aromatic rings. The number of nitrogens with one attached hydrogen (secondary N) is 1. The summed E-state index contributed by atoms with van der Waals surface area (Å²) >= 11 is 0. The molecular formula is C18H20FNO. The Balaban J connectivity index is 1.85. The lowest BCUT2D eigenvalue weighted by Crippen LogP contribution is -2.25. The molecule has 21 heavy (non-hydrogen) atoms. The van der Waals surface area contributed by atoms with Gasteiger partial charge in [-0.2, -0.15) is 0 Å². The largest absolute Gasteiger partial charge is 0.352 e. The summed E-state index contributed by atoms with van der Waals surface area (Å²) in [5, 5.41) is 2.81. The number of halogens is 1. The summed E-state index contributed by atoms with van der Waals surface area (Å²) in [5.41, 5.74) is 2.84. The number of benzene rings is 2. The molecule has 2 nitrogen and oxygen atoms in total. The Labute approximate surface area is 125 Å². The highest BCUT2D eigenvalue weighted by Gasteiger charge is 2.05. The van der Waals surface area contributed by atoms with Gasteiger partial charge in [-0.15, -0.1) is 0 Å². The maximum Gasteiger partial charge on any atom is 0.251 e. The van der Waals surface area contributed by atoms with Crippen LogP contribution in [0.3, 0.4) is 0 Å². The first-order chi connectivity index (χ1) is 10.1. The molecule has 2 aromatic carbocycles. The summed E-state index contributed by atoms with van der Waals surface area (Å²) in [5.74, 6) is -0.119. The minimum Gasteiger partial charge on any atom is -0.352 e. The second kappa shape index (κ2) is 7.02. The van der Waals surface area contributed by atoms with Crippen molar-refractivity contribution in [2.24, 2.45) is 0 Å². The van der Waals surface area contributed by atoms with E-state index in [1.807, 2.05) is 0 Å². The van der Waals surface area contributed by atoms with Gasteiger partial charge in [0.1, 0.15) is 5.82 Å². The van der Waals surface area contributed by atoms with Crippen LogP contribution in [0.5, 0.6) is 0 Å². The lowest BCUT2D eigenvalue weighted by molar-refractivity contribution is 0.0953. The van der Waals surface area contributed by atoms with Crippen molar-refractivity contribution >= 4 is 5.91 Å².